The predicted octanol–water partition coefficient (Wildman–Crippen LogP) is 6.92. The quantitative estimate of drug-likeness (QED) is 0.125. The number of amides is 1. The number of carbonyl (C=O) groups is 1. The number of ether oxygens (including phenoxy) is 5. The molecule has 14 heteroatoms. The molecule has 0 saturated heterocycles. The lowest BCUT2D eigenvalue weighted by molar-refractivity contribution is -0.122. The minimum Gasteiger partial charge on any atom is -0.497 e. The van der Waals surface area contributed by atoms with Gasteiger partial charge in [-0.1, -0.05) is 51.1 Å². The van der Waals surface area contributed by atoms with Crippen LogP contribution in [0.4, 0.5) is 5.82 Å². The lowest BCUT2D eigenvalue weighted by atomic mass is 9.87. The summed E-state index contributed by atoms with van der Waals surface area (Å²) in [4.78, 5) is 24.5. The molecule has 0 radical (unpaired) electrons. The Morgan fingerprint density at radius 1 is 0.923 bits per heavy atom. The van der Waals surface area contributed by atoms with E-state index in [9.17, 15) is 9.00 Å². The first-order valence-corrected chi connectivity index (χ1v) is 18.0. The van der Waals surface area contributed by atoms with E-state index in [4.69, 9.17) is 38.4 Å². The molecule has 2 atom stereocenters. The van der Waals surface area contributed by atoms with Crippen molar-refractivity contribution < 1.29 is 32.7 Å². The molecule has 4 aromatic rings. The number of para-hydroxylation sites is 2. The molecule has 0 bridgehead atoms. The van der Waals surface area contributed by atoms with Gasteiger partial charge in [-0.15, -0.1) is 0 Å². The molecule has 0 fully saturated rings. The zero-order chi connectivity index (χ0) is 37.5. The summed E-state index contributed by atoms with van der Waals surface area (Å²) in [5.74, 6) is 1.22. The zero-order valence-electron chi connectivity index (χ0n) is 30.3. The normalized spacial score (nSPS) is 15.0. The van der Waals surface area contributed by atoms with Crippen LogP contribution < -0.4 is 33.7 Å². The molecule has 274 valence electrons. The van der Waals surface area contributed by atoms with Gasteiger partial charge in [-0.2, -0.15) is 4.98 Å². The number of likely N-dealkylation sites (N-methyl/N-ethyl adjacent to an activating group) is 1. The van der Waals surface area contributed by atoms with Crippen LogP contribution in [0.15, 0.2) is 96.1 Å². The Kier molecular flexibility index (Phi) is 11.6. The fraction of sp³-hybridized carbons (Fsp3) is 0.289. The number of aromatic nitrogens is 2. The molecule has 1 aliphatic rings. The first-order chi connectivity index (χ1) is 24.8. The number of benzene rings is 3. The van der Waals surface area contributed by atoms with Crippen LogP contribution in [0.5, 0.6) is 34.6 Å². The summed E-state index contributed by atoms with van der Waals surface area (Å²) >= 11 is 0. The summed E-state index contributed by atoms with van der Waals surface area (Å²) in [5, 5.41) is 2.95. The molecule has 5 rings (SSSR count). The molecule has 2 unspecified atom stereocenters. The van der Waals surface area contributed by atoms with Crippen molar-refractivity contribution in [1.82, 2.24) is 20.2 Å². The van der Waals surface area contributed by atoms with Crippen molar-refractivity contribution in [1.29, 1.82) is 4.78 Å². The van der Waals surface area contributed by atoms with Crippen LogP contribution in [0.2, 0.25) is 0 Å². The summed E-state index contributed by atoms with van der Waals surface area (Å²) in [7, 11) is 2.66. The van der Waals surface area contributed by atoms with Gasteiger partial charge >= 0.3 is 0 Å². The van der Waals surface area contributed by atoms with Crippen LogP contribution in [-0.4, -0.2) is 66.1 Å². The van der Waals surface area contributed by atoms with Gasteiger partial charge in [-0.25, -0.2) is 14.0 Å². The van der Waals surface area contributed by atoms with Gasteiger partial charge in [0.2, 0.25) is 11.7 Å². The summed E-state index contributed by atoms with van der Waals surface area (Å²) in [6.45, 7) is 6.11. The predicted molar refractivity (Wildman–Crippen MR) is 200 cm³/mol. The van der Waals surface area contributed by atoms with Crippen LogP contribution >= 0.6 is 0 Å². The molecule has 0 aliphatic carbocycles. The first-order valence-electron chi connectivity index (χ1n) is 16.4. The molecular formula is C38H44N6O7S. The highest BCUT2D eigenvalue weighted by atomic mass is 32.2. The average Bonchev–Trinajstić information content (AvgIpc) is 3.13. The van der Waals surface area contributed by atoms with E-state index in [2.05, 4.69) is 30.8 Å². The minimum absolute atomic E-state index is 0.0274. The van der Waals surface area contributed by atoms with Gasteiger partial charge in [0.05, 0.1) is 39.3 Å². The van der Waals surface area contributed by atoms with Crippen LogP contribution in [-0.2, 0) is 20.1 Å². The lowest BCUT2D eigenvalue weighted by Crippen LogP contribution is -2.43. The van der Waals surface area contributed by atoms with Crippen molar-refractivity contribution in [2.45, 2.75) is 43.7 Å². The van der Waals surface area contributed by atoms with Gasteiger partial charge in [-0.3, -0.25) is 9.52 Å². The van der Waals surface area contributed by atoms with E-state index < -0.39 is 9.92 Å². The van der Waals surface area contributed by atoms with Crippen molar-refractivity contribution in [3.8, 4) is 46.0 Å². The van der Waals surface area contributed by atoms with Gasteiger partial charge in [0.25, 0.3) is 5.88 Å². The number of hydrogen-bond donors (Lipinski definition) is 3. The Morgan fingerprint density at radius 3 is 2.21 bits per heavy atom. The number of methoxy groups -OCH3 is 3. The van der Waals surface area contributed by atoms with E-state index >= 15 is 0 Å². The third-order valence-corrected chi connectivity index (χ3v) is 9.48. The molecule has 13 nitrogen and oxygen atoms in total. The first kappa shape index (κ1) is 37.5. The van der Waals surface area contributed by atoms with E-state index in [1.165, 1.54) is 21.3 Å². The molecule has 3 aromatic carbocycles. The molecule has 0 saturated carbocycles. The smallest absolute Gasteiger partial charge is 0.263 e. The highest BCUT2D eigenvalue weighted by molar-refractivity contribution is 7.93. The van der Waals surface area contributed by atoms with Crippen molar-refractivity contribution in [2.24, 2.45) is 0 Å². The second-order valence-corrected chi connectivity index (χ2v) is 14.6. The van der Waals surface area contributed by atoms with Crippen molar-refractivity contribution >= 4 is 21.6 Å². The van der Waals surface area contributed by atoms with Crippen LogP contribution in [0.3, 0.4) is 0 Å². The highest BCUT2D eigenvalue weighted by Gasteiger charge is 2.26. The maximum atomic E-state index is 14.2. The molecule has 1 aliphatic heterocycles. The zero-order valence-corrected chi connectivity index (χ0v) is 31.1. The van der Waals surface area contributed by atoms with Gasteiger partial charge in [0.15, 0.2) is 33.1 Å². The Bertz CT molecular complexity index is 2040. The maximum absolute atomic E-state index is 14.2. The van der Waals surface area contributed by atoms with E-state index in [-0.39, 0.29) is 64.4 Å². The fourth-order valence-corrected chi connectivity index (χ4v) is 6.17. The SMILES string of the molecule is COc1cc(OC)cc(-c2nc(NS(=N)(=O)c3ccc(C(C)(C)C)cc3)c(Oc3ccccc3OC)c(OCCC(=O)NC3C=CC=CN3C)n2)c1. The number of rotatable bonds is 14. The second-order valence-electron chi connectivity index (χ2n) is 12.8. The van der Waals surface area contributed by atoms with Crippen LogP contribution in [0.25, 0.3) is 11.4 Å². The molecule has 3 N–H and O–H groups in total. The van der Waals surface area contributed by atoms with Gasteiger partial charge in [0.1, 0.15) is 17.7 Å². The summed E-state index contributed by atoms with van der Waals surface area (Å²) in [5.41, 5.74) is 1.34. The van der Waals surface area contributed by atoms with Crippen molar-refractivity contribution in [3.63, 3.8) is 0 Å². The number of allylic oxidation sites excluding steroid dienone is 2. The summed E-state index contributed by atoms with van der Waals surface area (Å²) in [6, 6.07) is 19.0. The topological polar surface area (TPSA) is 157 Å². The Morgan fingerprint density at radius 2 is 1.60 bits per heavy atom. The number of hydrogen-bond acceptors (Lipinski definition) is 11. The van der Waals surface area contributed by atoms with E-state index in [0.717, 1.165) is 5.56 Å². The number of carbonyl (C=O) groups excluding carboxylic acids is 1. The summed E-state index contributed by atoms with van der Waals surface area (Å²) < 4.78 is 55.1. The third-order valence-electron chi connectivity index (χ3n) is 8.06. The minimum atomic E-state index is -3.74. The third kappa shape index (κ3) is 9.12. The molecular weight excluding hydrogens is 685 g/mol. The van der Waals surface area contributed by atoms with Gasteiger partial charge in [-0.05, 0) is 59.5 Å². The Balaban J connectivity index is 1.60. The fourth-order valence-electron chi connectivity index (χ4n) is 5.12. The van der Waals surface area contributed by atoms with Gasteiger partial charge < -0.3 is 33.9 Å². The Labute approximate surface area is 304 Å². The van der Waals surface area contributed by atoms with Gasteiger partial charge in [0, 0.05) is 24.9 Å². The molecule has 0 spiro atoms. The van der Waals surface area contributed by atoms with Crippen LogP contribution in [0.1, 0.15) is 32.8 Å². The second kappa shape index (κ2) is 16.1. The number of nitrogens with one attached hydrogen (secondary N) is 3. The largest absolute Gasteiger partial charge is 0.497 e. The average molecular weight is 729 g/mol. The molecule has 52 heavy (non-hydrogen) atoms. The van der Waals surface area contributed by atoms with Crippen LogP contribution in [0, 0.1) is 4.78 Å². The van der Waals surface area contributed by atoms with Crippen molar-refractivity contribution in [3.05, 3.63) is 96.7 Å². The molecule has 1 aromatic heterocycles. The van der Waals surface area contributed by atoms with E-state index in [1.54, 1.807) is 54.6 Å². The van der Waals surface area contributed by atoms with E-state index in [0.29, 0.717) is 22.8 Å². The molecule has 1 amide bonds. The Hall–Kier alpha value is -5.76. The standard InChI is InChI=1S/C38H44N6O7S/c1-38(2,3)26-15-17-29(18-16-26)52(39,46)43-36-34(51-31-13-9-8-12-30(31)49-7)37(50-21-19-33(45)40-32-14-10-11-20-44(32)4)42-35(41-36)25-22-27(47-5)24-28(23-25)48-6/h8-18,20,22-24,32H,19,21H2,1-7H3,(H,40,45)(H2,39,41,42,43,46). The number of anilines is 1. The van der Waals surface area contributed by atoms with E-state index in [1.807, 2.05) is 48.5 Å². The highest BCUT2D eigenvalue weighted by Crippen LogP contribution is 2.42. The molecule has 2 heterocycles. The van der Waals surface area contributed by atoms with Crippen molar-refractivity contribution in [2.75, 3.05) is 39.7 Å². The summed E-state index contributed by atoms with van der Waals surface area (Å²) in [6.07, 6.45) is 7.12. The number of nitrogens with zero attached hydrogens (tertiary/aromatic N) is 3. The maximum Gasteiger partial charge on any atom is 0.263 e. The lowest BCUT2D eigenvalue weighted by Gasteiger charge is -2.26. The monoisotopic (exact) mass is 728 g/mol.